The van der Waals surface area contributed by atoms with E-state index in [1.165, 1.54) is 6.33 Å². The van der Waals surface area contributed by atoms with Crippen molar-refractivity contribution >= 4 is 33.3 Å². The number of nitrogens with one attached hydrogen (secondary N) is 1. The predicted molar refractivity (Wildman–Crippen MR) is 64.1 cm³/mol. The molecule has 0 radical (unpaired) electrons. The molecule has 0 fully saturated rings. The molecule has 0 saturated heterocycles. The minimum absolute atomic E-state index is 0.372. The molecule has 7 heteroatoms. The van der Waals surface area contributed by atoms with E-state index in [1.54, 1.807) is 6.20 Å². The van der Waals surface area contributed by atoms with Crippen LogP contribution in [0.4, 0.5) is 5.82 Å². The zero-order valence-electron chi connectivity index (χ0n) is 8.06. The Hall–Kier alpha value is -1.27. The van der Waals surface area contributed by atoms with Crippen LogP contribution in [0.25, 0.3) is 0 Å². The van der Waals surface area contributed by atoms with Crippen LogP contribution in [0.3, 0.4) is 0 Å². The average Bonchev–Trinajstić information content (AvgIpc) is 2.32. The summed E-state index contributed by atoms with van der Waals surface area (Å²) in [4.78, 5) is 7.89. The summed E-state index contributed by atoms with van der Waals surface area (Å²) in [5.74, 6) is 0.630. The lowest BCUT2D eigenvalue weighted by Crippen LogP contribution is -2.04. The average molecular weight is 301 g/mol. The molecular weight excluding hydrogens is 293 g/mol. The van der Waals surface area contributed by atoms with Crippen molar-refractivity contribution in [3.8, 4) is 0 Å². The van der Waals surface area contributed by atoms with Crippen molar-refractivity contribution in [1.82, 2.24) is 20.2 Å². The standard InChI is InChI=1S/C9H7BrClN5/c10-7-8(11)13-5-14-9(7)12-4-6-2-1-3-15-16-6/h1-3,5H,4H2,(H,12,13,14). The Kier molecular flexibility index (Phi) is 3.63. The van der Waals surface area contributed by atoms with Crippen LogP contribution in [0.1, 0.15) is 5.69 Å². The quantitative estimate of drug-likeness (QED) is 0.881. The largest absolute Gasteiger partial charge is 0.363 e. The second-order valence-corrected chi connectivity index (χ2v) is 4.05. The first-order chi connectivity index (χ1) is 7.77. The van der Waals surface area contributed by atoms with Gasteiger partial charge in [-0.15, -0.1) is 0 Å². The van der Waals surface area contributed by atoms with E-state index in [0.29, 0.717) is 22.0 Å². The molecule has 82 valence electrons. The first kappa shape index (κ1) is 11.2. The molecule has 1 N–H and O–H groups in total. The van der Waals surface area contributed by atoms with Gasteiger partial charge in [0.2, 0.25) is 0 Å². The van der Waals surface area contributed by atoms with Gasteiger partial charge in [-0.3, -0.25) is 0 Å². The molecule has 0 spiro atoms. The van der Waals surface area contributed by atoms with Crippen LogP contribution in [-0.2, 0) is 6.54 Å². The Morgan fingerprint density at radius 2 is 2.25 bits per heavy atom. The molecule has 0 aliphatic rings. The number of halogens is 2. The van der Waals surface area contributed by atoms with Gasteiger partial charge in [0, 0.05) is 6.20 Å². The van der Waals surface area contributed by atoms with Crippen molar-refractivity contribution in [3.63, 3.8) is 0 Å². The number of hydrogen-bond acceptors (Lipinski definition) is 5. The van der Waals surface area contributed by atoms with Crippen LogP contribution in [0, 0.1) is 0 Å². The normalized spacial score (nSPS) is 10.1. The highest BCUT2D eigenvalue weighted by Crippen LogP contribution is 2.26. The molecule has 0 amide bonds. The monoisotopic (exact) mass is 299 g/mol. The van der Waals surface area contributed by atoms with Crippen molar-refractivity contribution < 1.29 is 0 Å². The zero-order chi connectivity index (χ0) is 11.4. The molecule has 0 aliphatic carbocycles. The second kappa shape index (κ2) is 5.18. The lowest BCUT2D eigenvalue weighted by molar-refractivity contribution is 0.918. The van der Waals surface area contributed by atoms with Crippen molar-refractivity contribution in [2.75, 3.05) is 5.32 Å². The number of aromatic nitrogens is 4. The molecule has 0 atom stereocenters. The van der Waals surface area contributed by atoms with Crippen molar-refractivity contribution in [2.45, 2.75) is 6.54 Å². The molecule has 2 rings (SSSR count). The van der Waals surface area contributed by atoms with Crippen LogP contribution in [-0.4, -0.2) is 20.2 Å². The van der Waals surface area contributed by atoms with E-state index < -0.39 is 0 Å². The van der Waals surface area contributed by atoms with Crippen molar-refractivity contribution in [3.05, 3.63) is 40.0 Å². The third-order valence-corrected chi connectivity index (χ3v) is 3.08. The highest BCUT2D eigenvalue weighted by atomic mass is 79.9. The third-order valence-electron chi connectivity index (χ3n) is 1.81. The van der Waals surface area contributed by atoms with Gasteiger partial charge in [0.25, 0.3) is 0 Å². The molecule has 0 aliphatic heterocycles. The molecule has 0 aromatic carbocycles. The molecule has 2 heterocycles. The fourth-order valence-electron chi connectivity index (χ4n) is 1.07. The third kappa shape index (κ3) is 2.65. The lowest BCUT2D eigenvalue weighted by atomic mass is 10.4. The van der Waals surface area contributed by atoms with Crippen molar-refractivity contribution in [2.24, 2.45) is 0 Å². The van der Waals surface area contributed by atoms with Gasteiger partial charge in [0.05, 0.1) is 16.7 Å². The van der Waals surface area contributed by atoms with Gasteiger partial charge < -0.3 is 5.32 Å². The summed E-state index contributed by atoms with van der Waals surface area (Å²) in [7, 11) is 0. The highest BCUT2D eigenvalue weighted by molar-refractivity contribution is 9.10. The van der Waals surface area contributed by atoms with E-state index >= 15 is 0 Å². The summed E-state index contributed by atoms with van der Waals surface area (Å²) in [5, 5.41) is 11.2. The van der Waals surface area contributed by atoms with E-state index in [2.05, 4.69) is 41.4 Å². The SMILES string of the molecule is Clc1ncnc(NCc2cccnn2)c1Br. The van der Waals surface area contributed by atoms with E-state index in [0.717, 1.165) is 5.69 Å². The van der Waals surface area contributed by atoms with Gasteiger partial charge >= 0.3 is 0 Å². The minimum Gasteiger partial charge on any atom is -0.363 e. The molecule has 16 heavy (non-hydrogen) atoms. The Morgan fingerprint density at radius 1 is 1.38 bits per heavy atom. The molecule has 0 bridgehead atoms. The Balaban J connectivity index is 2.08. The maximum absolute atomic E-state index is 5.83. The van der Waals surface area contributed by atoms with Crippen molar-refractivity contribution in [1.29, 1.82) is 0 Å². The lowest BCUT2D eigenvalue weighted by Gasteiger charge is -2.06. The van der Waals surface area contributed by atoms with Gasteiger partial charge in [-0.05, 0) is 28.1 Å². The van der Waals surface area contributed by atoms with Crippen LogP contribution in [0.15, 0.2) is 29.1 Å². The molecular formula is C9H7BrClN5. The van der Waals surface area contributed by atoms with Crippen LogP contribution < -0.4 is 5.32 Å². The smallest absolute Gasteiger partial charge is 0.148 e. The summed E-state index contributed by atoms with van der Waals surface area (Å²) in [5.41, 5.74) is 0.823. The Bertz CT molecular complexity index is 479. The first-order valence-electron chi connectivity index (χ1n) is 4.44. The fourth-order valence-corrected chi connectivity index (χ4v) is 1.55. The highest BCUT2D eigenvalue weighted by Gasteiger charge is 2.06. The molecule has 2 aromatic rings. The molecule has 5 nitrogen and oxygen atoms in total. The first-order valence-corrected chi connectivity index (χ1v) is 5.61. The number of nitrogens with zero attached hydrogens (tertiary/aromatic N) is 4. The van der Waals surface area contributed by atoms with Gasteiger partial charge in [-0.2, -0.15) is 10.2 Å². The second-order valence-electron chi connectivity index (χ2n) is 2.90. The van der Waals surface area contributed by atoms with E-state index in [-0.39, 0.29) is 0 Å². The number of hydrogen-bond donors (Lipinski definition) is 1. The van der Waals surface area contributed by atoms with Crippen LogP contribution >= 0.6 is 27.5 Å². The van der Waals surface area contributed by atoms with Gasteiger partial charge in [-0.1, -0.05) is 11.6 Å². The minimum atomic E-state index is 0.372. The van der Waals surface area contributed by atoms with Gasteiger partial charge in [0.1, 0.15) is 17.3 Å². The summed E-state index contributed by atoms with van der Waals surface area (Å²) in [6, 6.07) is 3.70. The van der Waals surface area contributed by atoms with Gasteiger partial charge in [-0.25, -0.2) is 9.97 Å². The molecule has 0 unspecified atom stereocenters. The predicted octanol–water partition coefficient (Wildman–Crippen LogP) is 2.29. The molecule has 2 aromatic heterocycles. The summed E-state index contributed by atoms with van der Waals surface area (Å²) in [6.07, 6.45) is 3.02. The number of anilines is 1. The molecule has 0 saturated carbocycles. The summed E-state index contributed by atoms with van der Waals surface area (Å²) < 4.78 is 0.639. The van der Waals surface area contributed by atoms with Crippen LogP contribution in [0.2, 0.25) is 5.15 Å². The topological polar surface area (TPSA) is 63.6 Å². The Morgan fingerprint density at radius 3 is 3.00 bits per heavy atom. The van der Waals surface area contributed by atoms with Crippen LogP contribution in [0.5, 0.6) is 0 Å². The van der Waals surface area contributed by atoms with E-state index in [9.17, 15) is 0 Å². The summed E-state index contributed by atoms with van der Waals surface area (Å²) >= 11 is 9.13. The Labute approximate surface area is 105 Å². The van der Waals surface area contributed by atoms with E-state index in [4.69, 9.17) is 11.6 Å². The van der Waals surface area contributed by atoms with E-state index in [1.807, 2.05) is 12.1 Å². The maximum Gasteiger partial charge on any atom is 0.148 e. The number of rotatable bonds is 3. The maximum atomic E-state index is 5.83. The summed E-state index contributed by atoms with van der Waals surface area (Å²) in [6.45, 7) is 0.528. The van der Waals surface area contributed by atoms with Gasteiger partial charge in [0.15, 0.2) is 0 Å². The fraction of sp³-hybridized carbons (Fsp3) is 0.111. The zero-order valence-corrected chi connectivity index (χ0v) is 10.4.